The Kier molecular flexibility index (Phi) is 6.01. The maximum absolute atomic E-state index is 12.6. The van der Waals surface area contributed by atoms with Crippen LogP contribution in [0.2, 0.25) is 5.02 Å². The molecule has 27 heavy (non-hydrogen) atoms. The van der Waals surface area contributed by atoms with E-state index in [4.69, 9.17) is 11.6 Å². The van der Waals surface area contributed by atoms with Crippen molar-refractivity contribution in [1.82, 2.24) is 4.90 Å². The molecule has 1 saturated heterocycles. The number of nitrogens with one attached hydrogen (secondary N) is 1. The molecule has 1 N–H and O–H groups in total. The highest BCUT2D eigenvalue weighted by Gasteiger charge is 2.23. The third kappa shape index (κ3) is 4.61. The largest absolute Gasteiger partial charge is 0.367 e. The van der Waals surface area contributed by atoms with Crippen LogP contribution in [-0.4, -0.2) is 42.9 Å². The fourth-order valence-electron chi connectivity index (χ4n) is 3.04. The van der Waals surface area contributed by atoms with Crippen LogP contribution in [0.15, 0.2) is 48.5 Å². The molecule has 142 valence electrons. The Hall–Kier alpha value is -2.53. The Morgan fingerprint density at radius 3 is 2.26 bits per heavy atom. The SMILES string of the molecule is CC(C)C(=O)Nc1ccc(N2CCN(C(=O)c3ccccc3)CC2)c(Cl)c1. The molecule has 2 amide bonds. The van der Waals surface area contributed by atoms with E-state index in [1.165, 1.54) is 0 Å². The highest BCUT2D eigenvalue weighted by Crippen LogP contribution is 2.30. The van der Waals surface area contributed by atoms with E-state index in [2.05, 4.69) is 10.2 Å². The Morgan fingerprint density at radius 1 is 1.00 bits per heavy atom. The van der Waals surface area contributed by atoms with Crippen LogP contribution in [0.25, 0.3) is 0 Å². The molecule has 1 aliphatic rings. The molecule has 2 aromatic rings. The maximum atomic E-state index is 12.6. The molecule has 0 radical (unpaired) electrons. The fraction of sp³-hybridized carbons (Fsp3) is 0.333. The number of carbonyl (C=O) groups is 2. The molecule has 1 heterocycles. The van der Waals surface area contributed by atoms with Crippen molar-refractivity contribution in [2.75, 3.05) is 36.4 Å². The van der Waals surface area contributed by atoms with Crippen molar-refractivity contribution < 1.29 is 9.59 Å². The Labute approximate surface area is 164 Å². The number of benzene rings is 2. The van der Waals surface area contributed by atoms with Crippen LogP contribution in [0, 0.1) is 5.92 Å². The van der Waals surface area contributed by atoms with Gasteiger partial charge in [-0.15, -0.1) is 0 Å². The zero-order chi connectivity index (χ0) is 19.4. The highest BCUT2D eigenvalue weighted by molar-refractivity contribution is 6.33. The second kappa shape index (κ2) is 8.44. The normalized spacial score (nSPS) is 14.4. The zero-order valence-corrected chi connectivity index (χ0v) is 16.4. The summed E-state index contributed by atoms with van der Waals surface area (Å²) in [6, 6.07) is 14.9. The Balaban J connectivity index is 1.62. The summed E-state index contributed by atoms with van der Waals surface area (Å²) in [5, 5.41) is 3.45. The smallest absolute Gasteiger partial charge is 0.253 e. The molecular weight excluding hydrogens is 362 g/mol. The molecule has 0 atom stereocenters. The first-order chi connectivity index (χ1) is 13.0. The summed E-state index contributed by atoms with van der Waals surface area (Å²) in [5.41, 5.74) is 2.33. The first-order valence-corrected chi connectivity index (χ1v) is 9.53. The Morgan fingerprint density at radius 2 is 1.67 bits per heavy atom. The maximum Gasteiger partial charge on any atom is 0.253 e. The van der Waals surface area contributed by atoms with E-state index in [0.29, 0.717) is 29.4 Å². The average molecular weight is 386 g/mol. The van der Waals surface area contributed by atoms with Crippen molar-refractivity contribution in [3.63, 3.8) is 0 Å². The Bertz CT molecular complexity index is 815. The lowest BCUT2D eigenvalue weighted by molar-refractivity contribution is -0.118. The summed E-state index contributed by atoms with van der Waals surface area (Å²) in [5.74, 6) is -0.0568. The number of rotatable bonds is 4. The van der Waals surface area contributed by atoms with Gasteiger partial charge in [0.1, 0.15) is 0 Å². The number of anilines is 2. The number of amides is 2. The monoisotopic (exact) mass is 385 g/mol. The second-order valence-electron chi connectivity index (χ2n) is 6.96. The topological polar surface area (TPSA) is 52.7 Å². The van der Waals surface area contributed by atoms with Gasteiger partial charge < -0.3 is 15.1 Å². The van der Waals surface area contributed by atoms with Crippen molar-refractivity contribution in [2.45, 2.75) is 13.8 Å². The summed E-state index contributed by atoms with van der Waals surface area (Å²) in [6.45, 7) is 6.43. The summed E-state index contributed by atoms with van der Waals surface area (Å²) < 4.78 is 0. The predicted molar refractivity (Wildman–Crippen MR) is 109 cm³/mol. The fourth-order valence-corrected chi connectivity index (χ4v) is 3.34. The van der Waals surface area contributed by atoms with Gasteiger partial charge in [0.2, 0.25) is 5.91 Å². The van der Waals surface area contributed by atoms with Gasteiger partial charge in [-0.3, -0.25) is 9.59 Å². The molecule has 0 saturated carbocycles. The molecular formula is C21H24ClN3O2. The predicted octanol–water partition coefficient (Wildman–Crippen LogP) is 3.90. The van der Waals surface area contributed by atoms with Crippen molar-refractivity contribution in [2.24, 2.45) is 5.92 Å². The van der Waals surface area contributed by atoms with E-state index in [-0.39, 0.29) is 17.7 Å². The molecule has 0 unspecified atom stereocenters. The van der Waals surface area contributed by atoms with Crippen LogP contribution in [0.1, 0.15) is 24.2 Å². The van der Waals surface area contributed by atoms with Gasteiger partial charge in [0.05, 0.1) is 10.7 Å². The lowest BCUT2D eigenvalue weighted by Crippen LogP contribution is -2.48. The molecule has 2 aromatic carbocycles. The number of carbonyl (C=O) groups excluding carboxylic acids is 2. The molecule has 0 bridgehead atoms. The molecule has 1 fully saturated rings. The third-order valence-electron chi connectivity index (χ3n) is 4.67. The first-order valence-electron chi connectivity index (χ1n) is 9.15. The summed E-state index contributed by atoms with van der Waals surface area (Å²) >= 11 is 6.45. The average Bonchev–Trinajstić information content (AvgIpc) is 2.68. The van der Waals surface area contributed by atoms with Crippen molar-refractivity contribution in [3.8, 4) is 0 Å². The van der Waals surface area contributed by atoms with Crippen LogP contribution < -0.4 is 10.2 Å². The van der Waals surface area contributed by atoms with Gasteiger partial charge in [0, 0.05) is 43.3 Å². The quantitative estimate of drug-likeness (QED) is 0.868. The van der Waals surface area contributed by atoms with E-state index >= 15 is 0 Å². The van der Waals surface area contributed by atoms with Crippen LogP contribution in [0.3, 0.4) is 0 Å². The minimum Gasteiger partial charge on any atom is -0.367 e. The van der Waals surface area contributed by atoms with Crippen molar-refractivity contribution in [1.29, 1.82) is 0 Å². The lowest BCUT2D eigenvalue weighted by atomic mass is 10.1. The first kappa shape index (κ1) is 19.2. The molecule has 5 nitrogen and oxygen atoms in total. The van der Waals surface area contributed by atoms with E-state index in [1.54, 1.807) is 6.07 Å². The molecule has 0 aliphatic carbocycles. The second-order valence-corrected chi connectivity index (χ2v) is 7.36. The van der Waals surface area contributed by atoms with E-state index in [0.717, 1.165) is 18.8 Å². The minimum absolute atomic E-state index is 0.0353. The van der Waals surface area contributed by atoms with Crippen LogP contribution >= 0.6 is 11.6 Å². The number of piperazine rings is 1. The van der Waals surface area contributed by atoms with Gasteiger partial charge >= 0.3 is 0 Å². The van der Waals surface area contributed by atoms with Crippen LogP contribution in [0.4, 0.5) is 11.4 Å². The molecule has 6 heteroatoms. The lowest BCUT2D eigenvalue weighted by Gasteiger charge is -2.36. The van der Waals surface area contributed by atoms with Gasteiger partial charge in [-0.1, -0.05) is 43.6 Å². The van der Waals surface area contributed by atoms with Gasteiger partial charge in [-0.2, -0.15) is 0 Å². The van der Waals surface area contributed by atoms with Gasteiger partial charge in [-0.25, -0.2) is 0 Å². The van der Waals surface area contributed by atoms with Crippen LogP contribution in [0.5, 0.6) is 0 Å². The van der Waals surface area contributed by atoms with E-state index in [1.807, 2.05) is 61.2 Å². The number of hydrogen-bond acceptors (Lipinski definition) is 3. The van der Waals surface area contributed by atoms with Gasteiger partial charge in [0.15, 0.2) is 0 Å². The molecule has 0 spiro atoms. The summed E-state index contributed by atoms with van der Waals surface area (Å²) in [7, 11) is 0. The van der Waals surface area contributed by atoms with Crippen molar-refractivity contribution in [3.05, 3.63) is 59.1 Å². The molecule has 1 aliphatic heterocycles. The number of nitrogens with zero attached hydrogens (tertiary/aromatic N) is 2. The van der Waals surface area contributed by atoms with Crippen LogP contribution in [-0.2, 0) is 4.79 Å². The third-order valence-corrected chi connectivity index (χ3v) is 4.97. The zero-order valence-electron chi connectivity index (χ0n) is 15.6. The van der Waals surface area contributed by atoms with Crippen molar-refractivity contribution >= 4 is 34.8 Å². The summed E-state index contributed by atoms with van der Waals surface area (Å²) in [6.07, 6.45) is 0. The van der Waals surface area contributed by atoms with E-state index < -0.39 is 0 Å². The standard InChI is InChI=1S/C21H24ClN3O2/c1-15(2)20(26)23-17-8-9-19(18(22)14-17)24-10-12-25(13-11-24)21(27)16-6-4-3-5-7-16/h3-9,14-15H,10-13H2,1-2H3,(H,23,26). The van der Waals surface area contributed by atoms with E-state index in [9.17, 15) is 9.59 Å². The summed E-state index contributed by atoms with van der Waals surface area (Å²) in [4.78, 5) is 28.4. The van der Waals surface area contributed by atoms with Gasteiger partial charge in [-0.05, 0) is 30.3 Å². The minimum atomic E-state index is -0.0846. The highest BCUT2D eigenvalue weighted by atomic mass is 35.5. The molecule has 3 rings (SSSR count). The number of hydrogen-bond donors (Lipinski definition) is 1. The number of halogens is 1. The van der Waals surface area contributed by atoms with Gasteiger partial charge in [0.25, 0.3) is 5.91 Å². The molecule has 0 aromatic heterocycles.